The van der Waals surface area contributed by atoms with E-state index in [9.17, 15) is 18.0 Å². The number of primary amides is 1. The Balaban J connectivity index is 1.38. The zero-order valence-electron chi connectivity index (χ0n) is 17.3. The SMILES string of the molecule is NC(=O)c1ccccc1OCC(=O)N1CCN(S(=O)(=O)c2ccc3ccccc3c2)CC1. The number of nitrogens with two attached hydrogens (primary N) is 1. The molecule has 2 N–H and O–H groups in total. The van der Waals surface area contributed by atoms with Crippen LogP contribution in [0.1, 0.15) is 10.4 Å². The Kier molecular flexibility index (Phi) is 6.11. The van der Waals surface area contributed by atoms with E-state index >= 15 is 0 Å². The van der Waals surface area contributed by atoms with Gasteiger partial charge in [0.2, 0.25) is 10.0 Å². The Morgan fingerprint density at radius 3 is 2.25 bits per heavy atom. The van der Waals surface area contributed by atoms with Crippen molar-refractivity contribution in [2.75, 3.05) is 32.8 Å². The molecule has 3 aromatic carbocycles. The third kappa shape index (κ3) is 4.44. The van der Waals surface area contributed by atoms with Crippen LogP contribution in [0.3, 0.4) is 0 Å². The summed E-state index contributed by atoms with van der Waals surface area (Å²) in [5, 5.41) is 1.83. The van der Waals surface area contributed by atoms with Crippen LogP contribution in [0, 0.1) is 0 Å². The van der Waals surface area contributed by atoms with Crippen LogP contribution >= 0.6 is 0 Å². The zero-order valence-corrected chi connectivity index (χ0v) is 18.1. The first-order chi connectivity index (χ1) is 15.4. The van der Waals surface area contributed by atoms with Crippen molar-refractivity contribution in [3.63, 3.8) is 0 Å². The molecule has 0 saturated carbocycles. The molecule has 8 nitrogen and oxygen atoms in total. The highest BCUT2D eigenvalue weighted by molar-refractivity contribution is 7.89. The molecule has 0 radical (unpaired) electrons. The van der Waals surface area contributed by atoms with Crippen molar-refractivity contribution in [2.24, 2.45) is 5.73 Å². The normalized spacial score (nSPS) is 14.9. The molecule has 2 amide bonds. The van der Waals surface area contributed by atoms with E-state index in [2.05, 4.69) is 0 Å². The molecule has 1 fully saturated rings. The molecule has 166 valence electrons. The average Bonchev–Trinajstić information content (AvgIpc) is 2.82. The molecule has 0 aromatic heterocycles. The summed E-state index contributed by atoms with van der Waals surface area (Å²) >= 11 is 0. The van der Waals surface area contributed by atoms with Crippen molar-refractivity contribution in [3.05, 3.63) is 72.3 Å². The number of hydrogen-bond donors (Lipinski definition) is 1. The Morgan fingerprint density at radius 1 is 0.875 bits per heavy atom. The molecule has 0 atom stereocenters. The van der Waals surface area contributed by atoms with Gasteiger partial charge in [-0.25, -0.2) is 8.42 Å². The molecular weight excluding hydrogens is 430 g/mol. The molecule has 4 rings (SSSR count). The first-order valence-corrected chi connectivity index (χ1v) is 11.6. The minimum Gasteiger partial charge on any atom is -0.483 e. The van der Waals surface area contributed by atoms with Crippen LogP contribution in [0.5, 0.6) is 5.75 Å². The quantitative estimate of drug-likeness (QED) is 0.613. The third-order valence-electron chi connectivity index (χ3n) is 5.45. The predicted octanol–water partition coefficient (Wildman–Crippen LogP) is 1.85. The molecule has 3 aromatic rings. The second kappa shape index (κ2) is 8.97. The van der Waals surface area contributed by atoms with Gasteiger partial charge >= 0.3 is 0 Å². The topological polar surface area (TPSA) is 110 Å². The molecule has 0 unspecified atom stereocenters. The summed E-state index contributed by atoms with van der Waals surface area (Å²) < 4.78 is 33.0. The van der Waals surface area contributed by atoms with Gasteiger partial charge in [0.15, 0.2) is 6.61 Å². The molecule has 0 spiro atoms. The third-order valence-corrected chi connectivity index (χ3v) is 7.35. The smallest absolute Gasteiger partial charge is 0.260 e. The van der Waals surface area contributed by atoms with Crippen molar-refractivity contribution < 1.29 is 22.7 Å². The van der Waals surface area contributed by atoms with Crippen LogP contribution in [0.4, 0.5) is 0 Å². The van der Waals surface area contributed by atoms with Crippen molar-refractivity contribution in [1.82, 2.24) is 9.21 Å². The van der Waals surface area contributed by atoms with Gasteiger partial charge in [-0.2, -0.15) is 4.31 Å². The van der Waals surface area contributed by atoms with Gasteiger partial charge in [0, 0.05) is 26.2 Å². The van der Waals surface area contributed by atoms with E-state index in [0.29, 0.717) is 0 Å². The molecule has 1 heterocycles. The number of carbonyl (C=O) groups is 2. The van der Waals surface area contributed by atoms with Gasteiger partial charge in [0.25, 0.3) is 11.8 Å². The number of hydrogen-bond acceptors (Lipinski definition) is 5. The van der Waals surface area contributed by atoms with Gasteiger partial charge in [0.05, 0.1) is 10.5 Å². The van der Waals surface area contributed by atoms with Crippen LogP contribution in [0.15, 0.2) is 71.6 Å². The molecular formula is C23H23N3O5S. The number of ether oxygens (including phenoxy) is 1. The summed E-state index contributed by atoms with van der Waals surface area (Å²) in [5.41, 5.74) is 5.52. The van der Waals surface area contributed by atoms with Crippen LogP contribution < -0.4 is 10.5 Å². The maximum absolute atomic E-state index is 13.1. The summed E-state index contributed by atoms with van der Waals surface area (Å²) in [6.45, 7) is 0.637. The van der Waals surface area contributed by atoms with E-state index in [1.165, 1.54) is 10.4 Å². The van der Waals surface area contributed by atoms with E-state index in [0.717, 1.165) is 10.8 Å². The maximum atomic E-state index is 13.1. The number of sulfonamides is 1. The molecule has 1 aliphatic heterocycles. The largest absolute Gasteiger partial charge is 0.483 e. The van der Waals surface area contributed by atoms with Crippen LogP contribution in [-0.4, -0.2) is 62.2 Å². The Labute approximate surface area is 186 Å². The van der Waals surface area contributed by atoms with Crippen LogP contribution in [0.25, 0.3) is 10.8 Å². The lowest BCUT2D eigenvalue weighted by Crippen LogP contribution is -2.51. The predicted molar refractivity (Wildman–Crippen MR) is 120 cm³/mol. The van der Waals surface area contributed by atoms with Crippen molar-refractivity contribution in [2.45, 2.75) is 4.90 Å². The summed E-state index contributed by atoms with van der Waals surface area (Å²) in [7, 11) is -3.66. The van der Waals surface area contributed by atoms with Gasteiger partial charge in [-0.05, 0) is 35.0 Å². The lowest BCUT2D eigenvalue weighted by Gasteiger charge is -2.34. The zero-order chi connectivity index (χ0) is 22.7. The lowest BCUT2D eigenvalue weighted by atomic mass is 10.1. The van der Waals surface area contributed by atoms with E-state index in [-0.39, 0.29) is 54.9 Å². The number of para-hydroxylation sites is 1. The minimum absolute atomic E-state index is 0.193. The highest BCUT2D eigenvalue weighted by Crippen LogP contribution is 2.23. The number of rotatable bonds is 6. The van der Waals surface area contributed by atoms with Crippen LogP contribution in [0.2, 0.25) is 0 Å². The van der Waals surface area contributed by atoms with Crippen molar-refractivity contribution >= 4 is 32.6 Å². The first-order valence-electron chi connectivity index (χ1n) is 10.1. The molecule has 0 bridgehead atoms. The van der Waals surface area contributed by atoms with Crippen LogP contribution in [-0.2, 0) is 14.8 Å². The lowest BCUT2D eigenvalue weighted by molar-refractivity contribution is -0.134. The Hall–Kier alpha value is -3.43. The van der Waals surface area contributed by atoms with E-state index in [1.54, 1.807) is 41.3 Å². The molecule has 0 aliphatic carbocycles. The second-order valence-corrected chi connectivity index (χ2v) is 9.38. The molecule has 1 aliphatic rings. The molecule has 32 heavy (non-hydrogen) atoms. The van der Waals surface area contributed by atoms with Gasteiger partial charge < -0.3 is 15.4 Å². The maximum Gasteiger partial charge on any atom is 0.260 e. The summed E-state index contributed by atoms with van der Waals surface area (Å²) in [4.78, 5) is 25.8. The second-order valence-electron chi connectivity index (χ2n) is 7.44. The molecule has 9 heteroatoms. The van der Waals surface area contributed by atoms with Gasteiger partial charge in [0.1, 0.15) is 5.75 Å². The van der Waals surface area contributed by atoms with E-state index < -0.39 is 15.9 Å². The number of benzene rings is 3. The summed E-state index contributed by atoms with van der Waals surface area (Å²) in [6, 6.07) is 19.1. The highest BCUT2D eigenvalue weighted by atomic mass is 32.2. The fourth-order valence-electron chi connectivity index (χ4n) is 3.68. The van der Waals surface area contributed by atoms with E-state index in [1.807, 2.05) is 24.3 Å². The monoisotopic (exact) mass is 453 g/mol. The number of piperazine rings is 1. The number of nitrogens with zero attached hydrogens (tertiary/aromatic N) is 2. The minimum atomic E-state index is -3.66. The number of fused-ring (bicyclic) bond motifs is 1. The van der Waals surface area contributed by atoms with Crippen molar-refractivity contribution in [1.29, 1.82) is 0 Å². The number of carbonyl (C=O) groups excluding carboxylic acids is 2. The van der Waals surface area contributed by atoms with Gasteiger partial charge in [-0.1, -0.05) is 42.5 Å². The fraction of sp³-hybridized carbons (Fsp3) is 0.217. The fourth-order valence-corrected chi connectivity index (χ4v) is 5.14. The Bertz CT molecular complexity index is 1270. The summed E-state index contributed by atoms with van der Waals surface area (Å²) in [6.07, 6.45) is 0. The molecule has 1 saturated heterocycles. The van der Waals surface area contributed by atoms with E-state index in [4.69, 9.17) is 10.5 Å². The Morgan fingerprint density at radius 2 is 1.53 bits per heavy atom. The van der Waals surface area contributed by atoms with Gasteiger partial charge in [-0.3, -0.25) is 9.59 Å². The van der Waals surface area contributed by atoms with Gasteiger partial charge in [-0.15, -0.1) is 0 Å². The standard InChI is InChI=1S/C23H23N3O5S/c24-23(28)20-7-3-4-8-21(20)31-16-22(27)25-11-13-26(14-12-25)32(29,30)19-10-9-17-5-1-2-6-18(17)15-19/h1-10,15H,11-14,16H2,(H2,24,28). The first kappa shape index (κ1) is 21.8. The number of amides is 2. The highest BCUT2D eigenvalue weighted by Gasteiger charge is 2.30. The summed E-state index contributed by atoms with van der Waals surface area (Å²) in [5.74, 6) is -0.682. The van der Waals surface area contributed by atoms with Crippen molar-refractivity contribution in [3.8, 4) is 5.75 Å². The average molecular weight is 454 g/mol.